The summed E-state index contributed by atoms with van der Waals surface area (Å²) in [6.07, 6.45) is 1.73. The number of hydrogen-bond acceptors (Lipinski definition) is 4. The third-order valence-electron chi connectivity index (χ3n) is 5.32. The van der Waals surface area contributed by atoms with Crippen molar-refractivity contribution in [2.45, 2.75) is 39.3 Å². The highest BCUT2D eigenvalue weighted by atomic mass is 32.1. The number of likely N-dealkylation sites (tertiary alicyclic amines) is 1. The van der Waals surface area contributed by atoms with Gasteiger partial charge < -0.3 is 5.11 Å². The number of fused-ring (bicyclic) bond motifs is 1. The van der Waals surface area contributed by atoms with E-state index in [0.29, 0.717) is 5.92 Å². The summed E-state index contributed by atoms with van der Waals surface area (Å²) in [7, 11) is 0. The SMILES string of the molecule is CC(C)Cc1ccc(CN2C[C@@H](Cc3ccc4ccccc4n3)[C@H](O)C2)s1. The summed E-state index contributed by atoms with van der Waals surface area (Å²) >= 11 is 1.92. The molecule has 3 nitrogen and oxygen atoms in total. The van der Waals surface area contributed by atoms with Crippen molar-refractivity contribution in [2.75, 3.05) is 13.1 Å². The molecule has 0 spiro atoms. The fourth-order valence-corrected chi connectivity index (χ4v) is 5.27. The summed E-state index contributed by atoms with van der Waals surface area (Å²) in [6.45, 7) is 7.17. The van der Waals surface area contributed by atoms with Crippen LogP contribution >= 0.6 is 11.3 Å². The third kappa shape index (κ3) is 4.57. The van der Waals surface area contributed by atoms with E-state index in [2.05, 4.69) is 55.1 Å². The largest absolute Gasteiger partial charge is 0.391 e. The topological polar surface area (TPSA) is 36.4 Å². The van der Waals surface area contributed by atoms with Crippen molar-refractivity contribution < 1.29 is 5.11 Å². The van der Waals surface area contributed by atoms with Gasteiger partial charge in [-0.3, -0.25) is 9.88 Å². The molecule has 3 heterocycles. The fraction of sp³-hybridized carbons (Fsp3) is 0.435. The van der Waals surface area contributed by atoms with Crippen LogP contribution in [0.2, 0.25) is 0 Å². The Morgan fingerprint density at radius 1 is 1.07 bits per heavy atom. The molecule has 1 N–H and O–H groups in total. The van der Waals surface area contributed by atoms with Crippen molar-refractivity contribution in [3.05, 3.63) is 64.0 Å². The molecule has 1 aliphatic heterocycles. The van der Waals surface area contributed by atoms with Crippen LogP contribution in [-0.2, 0) is 19.4 Å². The molecule has 1 aliphatic rings. The predicted molar refractivity (Wildman–Crippen MR) is 113 cm³/mol. The Labute approximate surface area is 165 Å². The number of aliphatic hydroxyl groups excluding tert-OH is 1. The molecule has 0 aliphatic carbocycles. The first kappa shape index (κ1) is 18.6. The highest BCUT2D eigenvalue weighted by Crippen LogP contribution is 2.26. The lowest BCUT2D eigenvalue weighted by molar-refractivity contribution is 0.140. The number of nitrogens with zero attached hydrogens (tertiary/aromatic N) is 2. The van der Waals surface area contributed by atoms with Crippen LogP contribution in [0.3, 0.4) is 0 Å². The van der Waals surface area contributed by atoms with E-state index in [4.69, 9.17) is 4.98 Å². The van der Waals surface area contributed by atoms with E-state index in [-0.39, 0.29) is 12.0 Å². The zero-order valence-electron chi connectivity index (χ0n) is 16.1. The molecule has 0 unspecified atom stereocenters. The number of aliphatic hydroxyl groups is 1. The molecule has 1 saturated heterocycles. The van der Waals surface area contributed by atoms with Crippen LogP contribution in [-0.4, -0.2) is 34.2 Å². The minimum Gasteiger partial charge on any atom is -0.391 e. The van der Waals surface area contributed by atoms with Gasteiger partial charge in [0.05, 0.1) is 11.6 Å². The van der Waals surface area contributed by atoms with E-state index in [1.165, 1.54) is 15.1 Å². The maximum absolute atomic E-state index is 10.6. The third-order valence-corrected chi connectivity index (χ3v) is 6.41. The molecule has 1 fully saturated rings. The van der Waals surface area contributed by atoms with Gasteiger partial charge in [0.2, 0.25) is 0 Å². The molecule has 27 heavy (non-hydrogen) atoms. The summed E-state index contributed by atoms with van der Waals surface area (Å²) in [5, 5.41) is 11.7. The van der Waals surface area contributed by atoms with Crippen LogP contribution in [0.4, 0.5) is 0 Å². The number of rotatable bonds is 6. The van der Waals surface area contributed by atoms with Crippen molar-refractivity contribution in [1.29, 1.82) is 0 Å². The summed E-state index contributed by atoms with van der Waals surface area (Å²) in [6, 6.07) is 17.0. The Morgan fingerprint density at radius 3 is 2.74 bits per heavy atom. The molecule has 4 heteroatoms. The first-order valence-corrected chi connectivity index (χ1v) is 10.7. The molecule has 3 aromatic rings. The van der Waals surface area contributed by atoms with E-state index in [9.17, 15) is 5.11 Å². The van der Waals surface area contributed by atoms with Gasteiger partial charge in [0.25, 0.3) is 0 Å². The van der Waals surface area contributed by atoms with Crippen molar-refractivity contribution in [1.82, 2.24) is 9.88 Å². The zero-order chi connectivity index (χ0) is 18.8. The number of thiophene rings is 1. The summed E-state index contributed by atoms with van der Waals surface area (Å²) in [5.74, 6) is 0.956. The summed E-state index contributed by atoms with van der Waals surface area (Å²) < 4.78 is 0. The van der Waals surface area contributed by atoms with Crippen molar-refractivity contribution in [3.8, 4) is 0 Å². The van der Waals surface area contributed by atoms with Gasteiger partial charge in [0, 0.05) is 46.4 Å². The Bertz CT molecular complexity index is 904. The monoisotopic (exact) mass is 380 g/mol. The Balaban J connectivity index is 1.38. The Morgan fingerprint density at radius 2 is 1.89 bits per heavy atom. The van der Waals surface area contributed by atoms with Gasteiger partial charge >= 0.3 is 0 Å². The molecule has 0 saturated carbocycles. The summed E-state index contributed by atoms with van der Waals surface area (Å²) in [4.78, 5) is 10.0. The van der Waals surface area contributed by atoms with E-state index < -0.39 is 0 Å². The number of β-amino-alcohol motifs (C(OH)–C–C–N with tert-alkyl or cyclic N) is 1. The first-order valence-electron chi connectivity index (χ1n) is 9.89. The predicted octanol–water partition coefficient (Wildman–Crippen LogP) is 4.53. The molecule has 0 bridgehead atoms. The number of hydrogen-bond donors (Lipinski definition) is 1. The van der Waals surface area contributed by atoms with Crippen LogP contribution in [0.1, 0.15) is 29.3 Å². The highest BCUT2D eigenvalue weighted by Gasteiger charge is 2.31. The molecular weight excluding hydrogens is 352 g/mol. The van der Waals surface area contributed by atoms with Crippen LogP contribution in [0.25, 0.3) is 10.9 Å². The second-order valence-corrected chi connectivity index (χ2v) is 9.44. The van der Waals surface area contributed by atoms with Crippen molar-refractivity contribution >= 4 is 22.2 Å². The first-order chi connectivity index (χ1) is 13.1. The minimum atomic E-state index is -0.270. The van der Waals surface area contributed by atoms with Gasteiger partial charge in [0.15, 0.2) is 0 Å². The maximum Gasteiger partial charge on any atom is 0.0711 e. The van der Waals surface area contributed by atoms with Crippen molar-refractivity contribution in [3.63, 3.8) is 0 Å². The average molecular weight is 381 g/mol. The minimum absolute atomic E-state index is 0.258. The number of para-hydroxylation sites is 1. The molecule has 2 atom stereocenters. The van der Waals surface area contributed by atoms with Crippen LogP contribution < -0.4 is 0 Å². The van der Waals surface area contributed by atoms with E-state index in [1.54, 1.807) is 0 Å². The van der Waals surface area contributed by atoms with E-state index in [0.717, 1.165) is 43.7 Å². The molecule has 142 valence electrons. The van der Waals surface area contributed by atoms with Gasteiger partial charge in [-0.1, -0.05) is 38.1 Å². The second kappa shape index (κ2) is 8.09. The van der Waals surface area contributed by atoms with Gasteiger partial charge in [-0.25, -0.2) is 0 Å². The Kier molecular flexibility index (Phi) is 5.58. The van der Waals surface area contributed by atoms with Crippen LogP contribution in [0.5, 0.6) is 0 Å². The molecule has 4 rings (SSSR count). The van der Waals surface area contributed by atoms with Crippen LogP contribution in [0, 0.1) is 11.8 Å². The smallest absolute Gasteiger partial charge is 0.0711 e. The lowest BCUT2D eigenvalue weighted by atomic mass is 9.99. The number of aromatic nitrogens is 1. The second-order valence-electron chi connectivity index (χ2n) is 8.19. The highest BCUT2D eigenvalue weighted by molar-refractivity contribution is 7.11. The van der Waals surface area contributed by atoms with Crippen LogP contribution in [0.15, 0.2) is 48.5 Å². The maximum atomic E-state index is 10.6. The fourth-order valence-electron chi connectivity index (χ4n) is 4.00. The normalized spacial score (nSPS) is 20.7. The summed E-state index contributed by atoms with van der Waals surface area (Å²) in [5.41, 5.74) is 2.12. The lowest BCUT2D eigenvalue weighted by Crippen LogP contribution is -2.20. The molecular formula is C23H28N2OS. The quantitative estimate of drug-likeness (QED) is 0.682. The average Bonchev–Trinajstić information content (AvgIpc) is 3.21. The number of pyridine rings is 1. The van der Waals surface area contributed by atoms with Gasteiger partial charge in [-0.2, -0.15) is 0 Å². The molecule has 2 aromatic heterocycles. The van der Waals surface area contributed by atoms with Gasteiger partial charge in [-0.05, 0) is 43.0 Å². The Hall–Kier alpha value is -1.75. The molecule has 0 radical (unpaired) electrons. The lowest BCUT2D eigenvalue weighted by Gasteiger charge is -2.14. The van der Waals surface area contributed by atoms with E-state index in [1.807, 2.05) is 23.5 Å². The van der Waals surface area contributed by atoms with Gasteiger partial charge in [-0.15, -0.1) is 11.3 Å². The molecule has 0 amide bonds. The standard InChI is InChI=1S/C23H28N2OS/c1-16(2)11-20-9-10-21(27-20)14-25-13-18(23(26)15-25)12-19-8-7-17-5-3-4-6-22(17)24-19/h3-10,16,18,23,26H,11-15H2,1-2H3/t18-,23-/m1/s1. The van der Waals surface area contributed by atoms with E-state index >= 15 is 0 Å². The zero-order valence-corrected chi connectivity index (χ0v) is 17.0. The number of benzene rings is 1. The van der Waals surface area contributed by atoms with Crippen molar-refractivity contribution in [2.24, 2.45) is 11.8 Å². The molecule has 1 aromatic carbocycles. The van der Waals surface area contributed by atoms with Gasteiger partial charge in [0.1, 0.15) is 0 Å².